The molecular formula is C10H13ClN2O2S. The van der Waals surface area contributed by atoms with E-state index in [4.69, 9.17) is 17.3 Å². The smallest absolute Gasteiger partial charge is 0.252 e. The van der Waals surface area contributed by atoms with Gasteiger partial charge in [-0.2, -0.15) is 0 Å². The topological polar surface area (TPSA) is 72.2 Å². The third kappa shape index (κ3) is 3.83. The Bertz CT molecular complexity index is 423. The van der Waals surface area contributed by atoms with Gasteiger partial charge in [0.2, 0.25) is 0 Å². The number of nitrogens with two attached hydrogens (primary N) is 1. The Morgan fingerprint density at radius 3 is 2.88 bits per heavy atom. The van der Waals surface area contributed by atoms with Gasteiger partial charge in [0.1, 0.15) is 0 Å². The van der Waals surface area contributed by atoms with E-state index in [0.29, 0.717) is 28.6 Å². The summed E-state index contributed by atoms with van der Waals surface area (Å²) >= 11 is 5.86. The molecule has 0 spiro atoms. The van der Waals surface area contributed by atoms with Gasteiger partial charge in [0.05, 0.1) is 10.6 Å². The summed E-state index contributed by atoms with van der Waals surface area (Å²) in [5, 5.41) is 2.98. The summed E-state index contributed by atoms with van der Waals surface area (Å²) in [5.74, 6) is 0.119. The fraction of sp³-hybridized carbons (Fsp3) is 0.300. The lowest BCUT2D eigenvalue weighted by Gasteiger charge is -2.06. The predicted molar refractivity (Wildman–Crippen MR) is 67.1 cm³/mol. The van der Waals surface area contributed by atoms with Crippen molar-refractivity contribution in [2.45, 2.75) is 0 Å². The fourth-order valence-corrected chi connectivity index (χ4v) is 1.71. The summed E-state index contributed by atoms with van der Waals surface area (Å²) in [5.41, 5.74) is 6.37. The zero-order valence-corrected chi connectivity index (χ0v) is 10.4. The Hall–Kier alpha value is -1.07. The van der Waals surface area contributed by atoms with Crippen LogP contribution in [0.1, 0.15) is 10.4 Å². The molecule has 0 bridgehead atoms. The molecule has 16 heavy (non-hydrogen) atoms. The third-order valence-electron chi connectivity index (χ3n) is 1.91. The predicted octanol–water partition coefficient (Wildman–Crippen LogP) is 1.03. The summed E-state index contributed by atoms with van der Waals surface area (Å²) in [6, 6.07) is 4.71. The molecule has 3 N–H and O–H groups in total. The summed E-state index contributed by atoms with van der Waals surface area (Å²) in [6.45, 7) is 0.354. The zero-order valence-electron chi connectivity index (χ0n) is 8.83. The van der Waals surface area contributed by atoms with Crippen LogP contribution >= 0.6 is 11.6 Å². The van der Waals surface area contributed by atoms with Gasteiger partial charge in [0, 0.05) is 35.0 Å². The maximum Gasteiger partial charge on any atom is 0.252 e. The Kier molecular flexibility index (Phi) is 4.76. The SMILES string of the molecule is CS(=O)CCNC(=O)c1cc(N)ccc1Cl. The van der Waals surface area contributed by atoms with Crippen molar-refractivity contribution in [1.82, 2.24) is 5.32 Å². The molecule has 6 heteroatoms. The molecule has 4 nitrogen and oxygen atoms in total. The van der Waals surface area contributed by atoms with Crippen LogP contribution in [-0.2, 0) is 10.8 Å². The van der Waals surface area contributed by atoms with Crippen LogP contribution in [0.2, 0.25) is 5.02 Å². The molecular weight excluding hydrogens is 248 g/mol. The van der Waals surface area contributed by atoms with Gasteiger partial charge >= 0.3 is 0 Å². The van der Waals surface area contributed by atoms with Gasteiger partial charge < -0.3 is 11.1 Å². The highest BCUT2D eigenvalue weighted by molar-refractivity contribution is 7.84. The number of halogens is 1. The lowest BCUT2D eigenvalue weighted by Crippen LogP contribution is -2.27. The van der Waals surface area contributed by atoms with E-state index in [1.165, 1.54) is 6.07 Å². The highest BCUT2D eigenvalue weighted by Gasteiger charge is 2.09. The van der Waals surface area contributed by atoms with Crippen molar-refractivity contribution in [3.05, 3.63) is 28.8 Å². The van der Waals surface area contributed by atoms with E-state index in [-0.39, 0.29) is 5.91 Å². The lowest BCUT2D eigenvalue weighted by molar-refractivity contribution is 0.0956. The molecule has 0 heterocycles. The average Bonchev–Trinajstić information content (AvgIpc) is 2.21. The van der Waals surface area contributed by atoms with Crippen LogP contribution in [0.4, 0.5) is 5.69 Å². The minimum atomic E-state index is -0.921. The zero-order chi connectivity index (χ0) is 12.1. The summed E-state index contributed by atoms with van der Waals surface area (Å²) in [7, 11) is -0.921. The summed E-state index contributed by atoms with van der Waals surface area (Å²) in [4.78, 5) is 11.6. The van der Waals surface area contributed by atoms with Crippen molar-refractivity contribution in [2.75, 3.05) is 24.3 Å². The molecule has 1 amide bonds. The summed E-state index contributed by atoms with van der Waals surface area (Å²) < 4.78 is 10.8. The minimum absolute atomic E-state index is 0.303. The molecule has 0 aliphatic heterocycles. The number of anilines is 1. The van der Waals surface area contributed by atoms with Crippen LogP contribution in [0.25, 0.3) is 0 Å². The maximum atomic E-state index is 11.6. The molecule has 0 saturated heterocycles. The van der Waals surface area contributed by atoms with E-state index in [1.54, 1.807) is 18.4 Å². The molecule has 0 radical (unpaired) electrons. The molecule has 88 valence electrons. The first-order valence-electron chi connectivity index (χ1n) is 4.64. The normalized spacial score (nSPS) is 12.1. The summed E-state index contributed by atoms with van der Waals surface area (Å²) in [6.07, 6.45) is 1.58. The van der Waals surface area contributed by atoms with Crippen LogP contribution < -0.4 is 11.1 Å². The number of hydrogen-bond donors (Lipinski definition) is 2. The lowest BCUT2D eigenvalue weighted by atomic mass is 10.2. The van der Waals surface area contributed by atoms with Crippen molar-refractivity contribution >= 4 is 34.0 Å². The molecule has 1 rings (SSSR count). The van der Waals surface area contributed by atoms with Crippen LogP contribution in [0.3, 0.4) is 0 Å². The number of amides is 1. The average molecular weight is 261 g/mol. The number of nitrogen functional groups attached to an aromatic ring is 1. The number of carbonyl (C=O) groups is 1. The van der Waals surface area contributed by atoms with Crippen molar-refractivity contribution in [3.8, 4) is 0 Å². The van der Waals surface area contributed by atoms with Gasteiger partial charge in [-0.25, -0.2) is 0 Å². The maximum absolute atomic E-state index is 11.6. The number of benzene rings is 1. The van der Waals surface area contributed by atoms with Gasteiger partial charge in [-0.1, -0.05) is 11.6 Å². The number of rotatable bonds is 4. The van der Waals surface area contributed by atoms with Gasteiger partial charge in [0.15, 0.2) is 0 Å². The van der Waals surface area contributed by atoms with Gasteiger partial charge in [-0.3, -0.25) is 9.00 Å². The first-order chi connectivity index (χ1) is 7.50. The molecule has 1 atom stereocenters. The number of hydrogen-bond acceptors (Lipinski definition) is 3. The fourth-order valence-electron chi connectivity index (χ4n) is 1.12. The second kappa shape index (κ2) is 5.86. The van der Waals surface area contributed by atoms with E-state index >= 15 is 0 Å². The second-order valence-electron chi connectivity index (χ2n) is 3.27. The van der Waals surface area contributed by atoms with E-state index in [2.05, 4.69) is 5.32 Å². The largest absolute Gasteiger partial charge is 0.399 e. The van der Waals surface area contributed by atoms with E-state index in [9.17, 15) is 9.00 Å². The van der Waals surface area contributed by atoms with Crippen molar-refractivity contribution in [1.29, 1.82) is 0 Å². The van der Waals surface area contributed by atoms with Crippen LogP contribution in [0, 0.1) is 0 Å². The molecule has 0 saturated carbocycles. The molecule has 0 aromatic heterocycles. The van der Waals surface area contributed by atoms with Crippen molar-refractivity contribution in [3.63, 3.8) is 0 Å². The van der Waals surface area contributed by atoms with Crippen LogP contribution in [-0.4, -0.2) is 28.7 Å². The van der Waals surface area contributed by atoms with E-state index < -0.39 is 10.8 Å². The van der Waals surface area contributed by atoms with Gasteiger partial charge in [-0.15, -0.1) is 0 Å². The van der Waals surface area contributed by atoms with Crippen molar-refractivity contribution < 1.29 is 9.00 Å². The highest BCUT2D eigenvalue weighted by Crippen LogP contribution is 2.18. The van der Waals surface area contributed by atoms with Gasteiger partial charge in [0.25, 0.3) is 5.91 Å². The molecule has 0 fully saturated rings. The Morgan fingerprint density at radius 2 is 2.25 bits per heavy atom. The molecule has 1 aromatic rings. The first-order valence-corrected chi connectivity index (χ1v) is 6.74. The highest BCUT2D eigenvalue weighted by atomic mass is 35.5. The Morgan fingerprint density at radius 1 is 1.56 bits per heavy atom. The molecule has 0 aliphatic rings. The molecule has 1 aromatic carbocycles. The third-order valence-corrected chi connectivity index (χ3v) is 3.02. The van der Waals surface area contributed by atoms with Gasteiger partial charge in [-0.05, 0) is 18.2 Å². The number of nitrogens with one attached hydrogen (secondary N) is 1. The van der Waals surface area contributed by atoms with E-state index in [1.807, 2.05) is 0 Å². The van der Waals surface area contributed by atoms with Crippen LogP contribution in [0.5, 0.6) is 0 Å². The quantitative estimate of drug-likeness (QED) is 0.795. The van der Waals surface area contributed by atoms with Crippen LogP contribution in [0.15, 0.2) is 18.2 Å². The van der Waals surface area contributed by atoms with E-state index in [0.717, 1.165) is 0 Å². The first kappa shape index (κ1) is 13.0. The molecule has 1 unspecified atom stereocenters. The second-order valence-corrected chi connectivity index (χ2v) is 5.23. The molecule has 0 aliphatic carbocycles. The minimum Gasteiger partial charge on any atom is -0.399 e. The monoisotopic (exact) mass is 260 g/mol. The number of carbonyl (C=O) groups excluding carboxylic acids is 1. The van der Waals surface area contributed by atoms with Crippen molar-refractivity contribution in [2.24, 2.45) is 0 Å². The Labute approximate surface area is 102 Å². The Balaban J connectivity index is 2.65. The standard InChI is InChI=1S/C10H13ClN2O2S/c1-16(15)5-4-13-10(14)8-6-7(12)2-3-9(8)11/h2-3,6H,4-5,12H2,1H3,(H,13,14).